The predicted octanol–water partition coefficient (Wildman–Crippen LogP) is 0.797. The van der Waals surface area contributed by atoms with Crippen LogP contribution in [-0.4, -0.2) is 36.3 Å². The number of sulfonamides is 1. The van der Waals surface area contributed by atoms with Gasteiger partial charge in [-0.3, -0.25) is 9.78 Å². The second-order valence-electron chi connectivity index (χ2n) is 4.25. The van der Waals surface area contributed by atoms with Crippen molar-refractivity contribution in [3.05, 3.63) is 30.1 Å². The first kappa shape index (κ1) is 15.6. The molecule has 19 heavy (non-hydrogen) atoms. The van der Waals surface area contributed by atoms with Gasteiger partial charge >= 0.3 is 5.97 Å². The zero-order valence-corrected chi connectivity index (χ0v) is 11.6. The van der Waals surface area contributed by atoms with Crippen LogP contribution in [0.5, 0.6) is 0 Å². The third-order valence-corrected chi connectivity index (χ3v) is 4.10. The molecule has 0 radical (unpaired) electrons. The van der Waals surface area contributed by atoms with Crippen LogP contribution in [0.4, 0.5) is 0 Å². The molecule has 6 nitrogen and oxygen atoms in total. The number of rotatable bonds is 8. The van der Waals surface area contributed by atoms with Crippen molar-refractivity contribution in [2.45, 2.75) is 32.2 Å². The average Bonchev–Trinajstić information content (AvgIpc) is 2.36. The molecule has 0 aliphatic rings. The summed E-state index contributed by atoms with van der Waals surface area (Å²) in [6.45, 7) is 1.75. The molecule has 0 saturated carbocycles. The summed E-state index contributed by atoms with van der Waals surface area (Å²) < 4.78 is 26.1. The first-order valence-electron chi connectivity index (χ1n) is 6.03. The minimum atomic E-state index is -3.47. The fourth-order valence-electron chi connectivity index (χ4n) is 1.59. The van der Waals surface area contributed by atoms with Crippen LogP contribution < -0.4 is 4.72 Å². The fourth-order valence-corrected chi connectivity index (χ4v) is 2.97. The van der Waals surface area contributed by atoms with Crippen LogP contribution in [0.3, 0.4) is 0 Å². The van der Waals surface area contributed by atoms with Crippen LogP contribution >= 0.6 is 0 Å². The fraction of sp³-hybridized carbons (Fsp3) is 0.500. The summed E-state index contributed by atoms with van der Waals surface area (Å²) in [4.78, 5) is 14.4. The van der Waals surface area contributed by atoms with Crippen molar-refractivity contribution in [1.82, 2.24) is 9.71 Å². The van der Waals surface area contributed by atoms with Crippen molar-refractivity contribution >= 4 is 16.0 Å². The molecule has 0 fully saturated rings. The van der Waals surface area contributed by atoms with Crippen LogP contribution in [0.15, 0.2) is 24.5 Å². The molecule has 1 aromatic heterocycles. The Kier molecular flexibility index (Phi) is 5.91. The Balaban J connectivity index is 2.53. The van der Waals surface area contributed by atoms with E-state index in [2.05, 4.69) is 9.71 Å². The van der Waals surface area contributed by atoms with Crippen molar-refractivity contribution < 1.29 is 18.3 Å². The molecule has 1 aromatic rings. The largest absolute Gasteiger partial charge is 0.481 e. The van der Waals surface area contributed by atoms with Gasteiger partial charge in [0, 0.05) is 18.4 Å². The highest BCUT2D eigenvalue weighted by molar-refractivity contribution is 7.89. The molecule has 0 bridgehead atoms. The standard InChI is InChI=1S/C12H18N2O4S/c1-2-11(9-12(15)16)14-19(17,18)8-5-10-3-6-13-7-4-10/h3-4,6-7,11,14H,2,5,8-9H2,1H3,(H,15,16). The summed E-state index contributed by atoms with van der Waals surface area (Å²) in [6.07, 6.45) is 3.83. The van der Waals surface area contributed by atoms with Gasteiger partial charge in [-0.05, 0) is 30.5 Å². The number of hydrogen-bond acceptors (Lipinski definition) is 4. The quantitative estimate of drug-likeness (QED) is 0.736. The van der Waals surface area contributed by atoms with Gasteiger partial charge in [0.25, 0.3) is 0 Å². The monoisotopic (exact) mass is 286 g/mol. The van der Waals surface area contributed by atoms with E-state index in [0.717, 1.165) is 5.56 Å². The molecule has 1 atom stereocenters. The van der Waals surface area contributed by atoms with E-state index in [-0.39, 0.29) is 12.2 Å². The average molecular weight is 286 g/mol. The second kappa shape index (κ2) is 7.20. The minimum absolute atomic E-state index is 0.0624. The third-order valence-electron chi connectivity index (χ3n) is 2.67. The van der Waals surface area contributed by atoms with Crippen molar-refractivity contribution in [2.24, 2.45) is 0 Å². The van der Waals surface area contributed by atoms with E-state index in [1.54, 1.807) is 31.5 Å². The number of carboxylic acids is 1. The molecule has 1 unspecified atom stereocenters. The zero-order chi connectivity index (χ0) is 14.3. The van der Waals surface area contributed by atoms with Gasteiger partial charge in [-0.2, -0.15) is 0 Å². The lowest BCUT2D eigenvalue weighted by Gasteiger charge is -2.14. The zero-order valence-electron chi connectivity index (χ0n) is 10.7. The number of hydrogen-bond donors (Lipinski definition) is 2. The summed E-state index contributed by atoms with van der Waals surface area (Å²) in [5.74, 6) is -1.07. The van der Waals surface area contributed by atoms with E-state index >= 15 is 0 Å². The minimum Gasteiger partial charge on any atom is -0.481 e. The molecule has 0 aliphatic heterocycles. The van der Waals surface area contributed by atoms with Crippen molar-refractivity contribution in [1.29, 1.82) is 0 Å². The van der Waals surface area contributed by atoms with Gasteiger partial charge in [0.15, 0.2) is 0 Å². The number of carbonyl (C=O) groups is 1. The van der Waals surface area contributed by atoms with Gasteiger partial charge in [-0.1, -0.05) is 6.92 Å². The predicted molar refractivity (Wildman–Crippen MR) is 71.2 cm³/mol. The van der Waals surface area contributed by atoms with E-state index in [9.17, 15) is 13.2 Å². The Bertz CT molecular complexity index is 502. The highest BCUT2D eigenvalue weighted by Crippen LogP contribution is 2.04. The van der Waals surface area contributed by atoms with Crippen LogP contribution in [0.25, 0.3) is 0 Å². The van der Waals surface area contributed by atoms with Crippen LogP contribution in [0, 0.1) is 0 Å². The number of pyridine rings is 1. The second-order valence-corrected chi connectivity index (χ2v) is 6.12. The maximum absolute atomic E-state index is 11.8. The summed E-state index contributed by atoms with van der Waals surface area (Å²) in [5, 5.41) is 8.68. The molecule has 0 saturated heterocycles. The molecule has 0 spiro atoms. The van der Waals surface area contributed by atoms with E-state index < -0.39 is 22.0 Å². The van der Waals surface area contributed by atoms with Gasteiger partial charge in [-0.25, -0.2) is 13.1 Å². The molecule has 1 rings (SSSR count). The lowest BCUT2D eigenvalue weighted by Crippen LogP contribution is -2.37. The van der Waals surface area contributed by atoms with Gasteiger partial charge < -0.3 is 5.11 Å². The summed E-state index contributed by atoms with van der Waals surface area (Å²) in [6, 6.07) is 2.95. The number of carboxylic acid groups (broad SMARTS) is 1. The van der Waals surface area contributed by atoms with Crippen molar-refractivity contribution in [3.63, 3.8) is 0 Å². The molecule has 0 aliphatic carbocycles. The highest BCUT2D eigenvalue weighted by Gasteiger charge is 2.18. The van der Waals surface area contributed by atoms with Crippen LogP contribution in [0.1, 0.15) is 25.3 Å². The van der Waals surface area contributed by atoms with E-state index in [1.165, 1.54) is 0 Å². The normalized spacial score (nSPS) is 13.1. The van der Waals surface area contributed by atoms with Crippen LogP contribution in [-0.2, 0) is 21.2 Å². The topological polar surface area (TPSA) is 96.4 Å². The SMILES string of the molecule is CCC(CC(=O)O)NS(=O)(=O)CCc1ccncc1. The Morgan fingerprint density at radius 2 is 2.05 bits per heavy atom. The maximum Gasteiger partial charge on any atom is 0.304 e. The van der Waals surface area contributed by atoms with Gasteiger partial charge in [0.1, 0.15) is 0 Å². The molecule has 106 valence electrons. The molecule has 7 heteroatoms. The number of aliphatic carboxylic acids is 1. The molecule has 2 N–H and O–H groups in total. The van der Waals surface area contributed by atoms with Gasteiger partial charge in [0.2, 0.25) is 10.0 Å². The first-order chi connectivity index (χ1) is 8.93. The number of nitrogens with one attached hydrogen (secondary N) is 1. The Morgan fingerprint density at radius 3 is 2.58 bits per heavy atom. The smallest absolute Gasteiger partial charge is 0.304 e. The lowest BCUT2D eigenvalue weighted by atomic mass is 10.2. The lowest BCUT2D eigenvalue weighted by molar-refractivity contribution is -0.137. The molecule has 0 aromatic carbocycles. The maximum atomic E-state index is 11.8. The molecular weight excluding hydrogens is 268 g/mol. The number of aryl methyl sites for hydroxylation is 1. The first-order valence-corrected chi connectivity index (χ1v) is 7.69. The summed E-state index contributed by atoms with van der Waals surface area (Å²) in [7, 11) is -3.47. The molecule has 0 amide bonds. The van der Waals surface area contributed by atoms with Gasteiger partial charge in [-0.15, -0.1) is 0 Å². The van der Waals surface area contributed by atoms with E-state index in [0.29, 0.717) is 12.8 Å². The molecular formula is C12H18N2O4S. The van der Waals surface area contributed by atoms with Gasteiger partial charge in [0.05, 0.1) is 12.2 Å². The Morgan fingerprint density at radius 1 is 1.42 bits per heavy atom. The highest BCUT2D eigenvalue weighted by atomic mass is 32.2. The Labute approximate surface area is 112 Å². The van der Waals surface area contributed by atoms with E-state index in [1.807, 2.05) is 0 Å². The number of nitrogens with zero attached hydrogens (tertiary/aromatic N) is 1. The van der Waals surface area contributed by atoms with Crippen molar-refractivity contribution in [2.75, 3.05) is 5.75 Å². The summed E-state index contributed by atoms with van der Waals surface area (Å²) in [5.41, 5.74) is 0.881. The molecule has 1 heterocycles. The third kappa shape index (κ3) is 6.30. The Hall–Kier alpha value is -1.47. The van der Waals surface area contributed by atoms with E-state index in [4.69, 9.17) is 5.11 Å². The number of aromatic nitrogens is 1. The van der Waals surface area contributed by atoms with Crippen LogP contribution in [0.2, 0.25) is 0 Å². The van der Waals surface area contributed by atoms with Crippen molar-refractivity contribution in [3.8, 4) is 0 Å². The summed E-state index contributed by atoms with van der Waals surface area (Å²) >= 11 is 0.